The topological polar surface area (TPSA) is 26.0 Å². The summed E-state index contributed by atoms with van der Waals surface area (Å²) in [7, 11) is 0. The normalized spacial score (nSPS) is 12.3. The summed E-state index contributed by atoms with van der Waals surface area (Å²) < 4.78 is 41.7. The first-order valence-electron chi connectivity index (χ1n) is 3.61. The van der Waals surface area contributed by atoms with Gasteiger partial charge in [0.05, 0.1) is 5.39 Å². The average Bonchev–Trinajstić information content (AvgIpc) is 2.46. The Morgan fingerprint density at radius 3 is 2.64 bits per heavy atom. The maximum Gasteiger partial charge on any atom is 0.420 e. The van der Waals surface area contributed by atoms with Crippen LogP contribution in [0.15, 0.2) is 22.7 Å². The van der Waals surface area contributed by atoms with Gasteiger partial charge in [0, 0.05) is 0 Å². The quantitative estimate of drug-likeness (QED) is 0.681. The third kappa shape index (κ3) is 1.33. The van der Waals surface area contributed by atoms with Crippen molar-refractivity contribution in [1.29, 1.82) is 0 Å². The molecular formula is C8H3ClF3NO. The van der Waals surface area contributed by atoms with Gasteiger partial charge >= 0.3 is 6.18 Å². The van der Waals surface area contributed by atoms with Gasteiger partial charge in [-0.15, -0.1) is 0 Å². The van der Waals surface area contributed by atoms with Gasteiger partial charge in [-0.25, -0.2) is 0 Å². The van der Waals surface area contributed by atoms with Crippen LogP contribution in [0.2, 0.25) is 5.15 Å². The number of nitrogens with zero attached hydrogens (tertiary/aromatic N) is 1. The van der Waals surface area contributed by atoms with E-state index in [1.807, 2.05) is 0 Å². The number of para-hydroxylation sites is 1. The fraction of sp³-hybridized carbons (Fsp3) is 0.125. The Bertz CT molecular complexity index is 477. The van der Waals surface area contributed by atoms with Gasteiger partial charge in [-0.2, -0.15) is 13.2 Å². The molecule has 0 aliphatic carbocycles. The van der Waals surface area contributed by atoms with Gasteiger partial charge < -0.3 is 4.52 Å². The van der Waals surface area contributed by atoms with Crippen LogP contribution < -0.4 is 0 Å². The molecule has 0 unspecified atom stereocenters. The number of alkyl halides is 3. The predicted molar refractivity (Wildman–Crippen MR) is 44.0 cm³/mol. The summed E-state index contributed by atoms with van der Waals surface area (Å²) >= 11 is 5.52. The van der Waals surface area contributed by atoms with Crippen LogP contribution in [-0.2, 0) is 6.18 Å². The lowest BCUT2D eigenvalue weighted by Crippen LogP contribution is -2.04. The summed E-state index contributed by atoms with van der Waals surface area (Å²) in [6, 6.07) is 3.60. The van der Waals surface area contributed by atoms with Crippen molar-refractivity contribution in [2.75, 3.05) is 0 Å². The lowest BCUT2D eigenvalue weighted by molar-refractivity contribution is -0.137. The molecule has 0 saturated carbocycles. The van der Waals surface area contributed by atoms with E-state index in [4.69, 9.17) is 11.6 Å². The van der Waals surface area contributed by atoms with Gasteiger partial charge in [0.1, 0.15) is 5.56 Å². The van der Waals surface area contributed by atoms with E-state index in [-0.39, 0.29) is 16.1 Å². The molecule has 0 N–H and O–H groups in total. The van der Waals surface area contributed by atoms with E-state index in [0.717, 1.165) is 6.07 Å². The van der Waals surface area contributed by atoms with E-state index >= 15 is 0 Å². The molecule has 0 aliphatic heterocycles. The van der Waals surface area contributed by atoms with Gasteiger partial charge in [0.15, 0.2) is 10.7 Å². The molecule has 1 heterocycles. The second-order valence-electron chi connectivity index (χ2n) is 2.65. The Hall–Kier alpha value is -1.23. The first kappa shape index (κ1) is 9.33. The number of fused-ring (bicyclic) bond motifs is 1. The fourth-order valence-electron chi connectivity index (χ4n) is 1.16. The first-order valence-corrected chi connectivity index (χ1v) is 3.99. The smallest absolute Gasteiger partial charge is 0.354 e. The largest absolute Gasteiger partial charge is 0.420 e. The summed E-state index contributed by atoms with van der Waals surface area (Å²) in [5.41, 5.74) is -1.20. The zero-order chi connectivity index (χ0) is 10.3. The van der Waals surface area contributed by atoms with Crippen molar-refractivity contribution in [2.24, 2.45) is 0 Å². The minimum Gasteiger partial charge on any atom is -0.354 e. The maximum atomic E-state index is 12.4. The Balaban J connectivity index is 2.79. The van der Waals surface area contributed by atoms with Crippen LogP contribution in [0.3, 0.4) is 0 Å². The van der Waals surface area contributed by atoms with Crippen molar-refractivity contribution < 1.29 is 17.7 Å². The molecular weight excluding hydrogens is 219 g/mol. The highest BCUT2D eigenvalue weighted by Crippen LogP contribution is 2.36. The molecule has 0 fully saturated rings. The molecule has 6 heteroatoms. The molecule has 2 aromatic rings. The molecule has 0 radical (unpaired) electrons. The minimum atomic E-state index is -4.46. The molecule has 0 bridgehead atoms. The molecule has 14 heavy (non-hydrogen) atoms. The van der Waals surface area contributed by atoms with Gasteiger partial charge in [0.2, 0.25) is 0 Å². The Morgan fingerprint density at radius 2 is 2.00 bits per heavy atom. The maximum absolute atomic E-state index is 12.4. The van der Waals surface area contributed by atoms with Crippen molar-refractivity contribution in [3.63, 3.8) is 0 Å². The van der Waals surface area contributed by atoms with Gasteiger partial charge in [0.25, 0.3) is 0 Å². The van der Waals surface area contributed by atoms with Crippen molar-refractivity contribution in [2.45, 2.75) is 6.18 Å². The fourth-order valence-corrected chi connectivity index (χ4v) is 1.34. The number of aromatic nitrogens is 1. The van der Waals surface area contributed by atoms with Crippen molar-refractivity contribution in [3.8, 4) is 0 Å². The highest BCUT2D eigenvalue weighted by atomic mass is 35.5. The average molecular weight is 222 g/mol. The molecule has 0 amide bonds. The van der Waals surface area contributed by atoms with Crippen LogP contribution >= 0.6 is 11.6 Å². The number of benzene rings is 1. The van der Waals surface area contributed by atoms with Crippen LogP contribution in [0, 0.1) is 0 Å². The Morgan fingerprint density at radius 1 is 1.29 bits per heavy atom. The third-order valence-corrected chi connectivity index (χ3v) is 2.03. The molecule has 74 valence electrons. The molecule has 2 nitrogen and oxygen atoms in total. The number of rotatable bonds is 0. The first-order chi connectivity index (χ1) is 6.50. The van der Waals surface area contributed by atoms with E-state index in [9.17, 15) is 13.2 Å². The molecule has 2 rings (SSSR count). The Kier molecular flexibility index (Phi) is 1.92. The van der Waals surface area contributed by atoms with E-state index in [1.165, 1.54) is 12.1 Å². The summed E-state index contributed by atoms with van der Waals surface area (Å²) in [4.78, 5) is 0. The molecule has 0 aliphatic rings. The van der Waals surface area contributed by atoms with Crippen molar-refractivity contribution in [3.05, 3.63) is 28.9 Å². The summed E-state index contributed by atoms with van der Waals surface area (Å²) in [5.74, 6) is 0. The lowest BCUT2D eigenvalue weighted by atomic mass is 10.1. The number of halogens is 4. The van der Waals surface area contributed by atoms with Crippen LogP contribution in [0.25, 0.3) is 11.0 Å². The third-order valence-electron chi connectivity index (χ3n) is 1.76. The molecule has 1 aromatic carbocycles. The summed E-state index contributed by atoms with van der Waals surface area (Å²) in [6.07, 6.45) is -4.46. The van der Waals surface area contributed by atoms with E-state index in [1.54, 1.807) is 0 Å². The second-order valence-corrected chi connectivity index (χ2v) is 3.01. The zero-order valence-corrected chi connectivity index (χ0v) is 7.36. The van der Waals surface area contributed by atoms with Gasteiger partial charge in [-0.1, -0.05) is 22.8 Å². The molecule has 0 spiro atoms. The summed E-state index contributed by atoms with van der Waals surface area (Å²) in [6.45, 7) is 0. The van der Waals surface area contributed by atoms with Crippen LogP contribution in [0.1, 0.15) is 5.56 Å². The molecule has 1 aromatic heterocycles. The lowest BCUT2D eigenvalue weighted by Gasteiger charge is -2.04. The predicted octanol–water partition coefficient (Wildman–Crippen LogP) is 3.50. The minimum absolute atomic E-state index is 0.0638. The van der Waals surface area contributed by atoms with E-state index < -0.39 is 11.7 Å². The van der Waals surface area contributed by atoms with Gasteiger partial charge in [-0.3, -0.25) is 0 Å². The van der Waals surface area contributed by atoms with Crippen LogP contribution in [0.5, 0.6) is 0 Å². The van der Waals surface area contributed by atoms with Crippen molar-refractivity contribution in [1.82, 2.24) is 5.16 Å². The van der Waals surface area contributed by atoms with E-state index in [0.29, 0.717) is 0 Å². The number of hydrogen-bond acceptors (Lipinski definition) is 2. The van der Waals surface area contributed by atoms with Crippen LogP contribution in [-0.4, -0.2) is 5.16 Å². The zero-order valence-electron chi connectivity index (χ0n) is 6.60. The van der Waals surface area contributed by atoms with Crippen molar-refractivity contribution >= 4 is 22.6 Å². The summed E-state index contributed by atoms with van der Waals surface area (Å²) in [5, 5.41) is 3.36. The molecule has 0 atom stereocenters. The van der Waals surface area contributed by atoms with Gasteiger partial charge in [-0.05, 0) is 12.1 Å². The SMILES string of the molecule is FC(F)(F)c1cccc2c(Cl)noc12. The molecule has 0 saturated heterocycles. The standard InChI is InChI=1S/C8H3ClF3NO/c9-7-4-2-1-3-5(8(10,11)12)6(4)14-13-7/h1-3H. The van der Waals surface area contributed by atoms with E-state index in [2.05, 4.69) is 9.68 Å². The van der Waals surface area contributed by atoms with Crippen LogP contribution in [0.4, 0.5) is 13.2 Å². The highest BCUT2D eigenvalue weighted by Gasteiger charge is 2.34. The second kappa shape index (κ2) is 2.88. The monoisotopic (exact) mass is 221 g/mol. The Labute approximate surface area is 81.2 Å². The highest BCUT2D eigenvalue weighted by molar-refractivity contribution is 6.34. The number of hydrogen-bond donors (Lipinski definition) is 0.